The van der Waals surface area contributed by atoms with Crippen LogP contribution in [0.4, 0.5) is 0 Å². The van der Waals surface area contributed by atoms with Gasteiger partial charge in [-0.1, -0.05) is 12.1 Å². The van der Waals surface area contributed by atoms with Gasteiger partial charge in [-0.2, -0.15) is 16.7 Å². The summed E-state index contributed by atoms with van der Waals surface area (Å²) in [6.07, 6.45) is 2.38. The third-order valence-corrected chi connectivity index (χ3v) is 3.27. The van der Waals surface area contributed by atoms with Crippen LogP contribution in [0.1, 0.15) is 31.5 Å². The predicted octanol–water partition coefficient (Wildman–Crippen LogP) is 1.15. The van der Waals surface area contributed by atoms with E-state index in [0.29, 0.717) is 23.9 Å². The smallest absolute Gasteiger partial charge is 0.322 e. The topological polar surface area (TPSA) is 91.2 Å². The minimum Gasteiger partial charge on any atom is -0.468 e. The van der Waals surface area contributed by atoms with Crippen molar-refractivity contribution in [2.24, 2.45) is 5.73 Å². The fraction of sp³-hybridized carbons (Fsp3) is 0.727. The average Bonchev–Trinajstić information content (AvgIpc) is 2.81. The Hall–Kier alpha value is -1.08. The molecule has 0 spiro atoms. The van der Waals surface area contributed by atoms with E-state index in [9.17, 15) is 4.79 Å². The van der Waals surface area contributed by atoms with Crippen molar-refractivity contribution in [3.8, 4) is 0 Å². The minimum atomic E-state index is -0.552. The van der Waals surface area contributed by atoms with Crippen LogP contribution < -0.4 is 5.73 Å². The number of thioether (sulfide) groups is 1. The summed E-state index contributed by atoms with van der Waals surface area (Å²) in [6, 6.07) is -0.552. The summed E-state index contributed by atoms with van der Waals surface area (Å²) < 4.78 is 9.61. The van der Waals surface area contributed by atoms with Crippen LogP contribution >= 0.6 is 11.8 Å². The zero-order chi connectivity index (χ0) is 13.4. The third-order valence-electron chi connectivity index (χ3n) is 2.28. The van der Waals surface area contributed by atoms with E-state index in [-0.39, 0.29) is 5.97 Å². The molecule has 0 aliphatic carbocycles. The number of carbonyl (C=O) groups excluding carboxylic acids is 1. The van der Waals surface area contributed by atoms with Gasteiger partial charge in [-0.3, -0.25) is 4.79 Å². The quantitative estimate of drug-likeness (QED) is 0.561. The molecule has 1 atom stereocenters. The van der Waals surface area contributed by atoms with Crippen molar-refractivity contribution < 1.29 is 14.1 Å². The molecule has 18 heavy (non-hydrogen) atoms. The molecule has 0 aromatic carbocycles. The van der Waals surface area contributed by atoms with Gasteiger partial charge in [0.25, 0.3) is 0 Å². The Bertz CT molecular complexity index is 370. The number of rotatable bonds is 8. The van der Waals surface area contributed by atoms with Gasteiger partial charge in [0, 0.05) is 6.42 Å². The lowest BCUT2D eigenvalue weighted by atomic mass is 10.2. The molecular formula is C11H19N3O3S. The van der Waals surface area contributed by atoms with Crippen molar-refractivity contribution in [2.45, 2.75) is 38.0 Å². The lowest BCUT2D eigenvalue weighted by Gasteiger charge is -2.07. The molecule has 1 unspecified atom stereocenters. The molecule has 0 saturated heterocycles. The first kappa shape index (κ1) is 15.0. The molecule has 1 rings (SSSR count). The highest BCUT2D eigenvalue weighted by atomic mass is 32.2. The first-order valence-corrected chi connectivity index (χ1v) is 7.05. The molecule has 0 bridgehead atoms. The highest BCUT2D eigenvalue weighted by Gasteiger charge is 2.13. The Labute approximate surface area is 111 Å². The molecule has 0 aliphatic rings. The Morgan fingerprint density at radius 1 is 1.61 bits per heavy atom. The van der Waals surface area contributed by atoms with Gasteiger partial charge in [-0.15, -0.1) is 0 Å². The number of aromatic nitrogens is 2. The summed E-state index contributed by atoms with van der Waals surface area (Å²) in [6.45, 7) is 2.06. The number of nitrogens with two attached hydrogens (primary N) is 1. The number of nitrogens with zero attached hydrogens (tertiary/aromatic N) is 2. The van der Waals surface area contributed by atoms with E-state index in [1.165, 1.54) is 7.11 Å². The predicted molar refractivity (Wildman–Crippen MR) is 69.1 cm³/mol. The maximum Gasteiger partial charge on any atom is 0.322 e. The van der Waals surface area contributed by atoms with Crippen LogP contribution in [-0.4, -0.2) is 35.0 Å². The monoisotopic (exact) mass is 273 g/mol. The van der Waals surface area contributed by atoms with Crippen molar-refractivity contribution in [1.82, 2.24) is 10.1 Å². The highest BCUT2D eigenvalue weighted by molar-refractivity contribution is 7.98. The second-order valence-corrected chi connectivity index (χ2v) is 4.93. The molecule has 0 saturated carbocycles. The van der Waals surface area contributed by atoms with Crippen LogP contribution in [0, 0.1) is 0 Å². The molecule has 0 fully saturated rings. The lowest BCUT2D eigenvalue weighted by molar-refractivity contribution is -0.142. The Morgan fingerprint density at radius 3 is 3.06 bits per heavy atom. The van der Waals surface area contributed by atoms with E-state index < -0.39 is 6.04 Å². The SMILES string of the molecule is CCCc1nc(CSCCC(N)C(=O)OC)no1. The molecule has 0 aliphatic heterocycles. The van der Waals surface area contributed by atoms with Gasteiger partial charge in [0.1, 0.15) is 6.04 Å². The molecule has 0 radical (unpaired) electrons. The van der Waals surface area contributed by atoms with Crippen LogP contribution in [0.3, 0.4) is 0 Å². The van der Waals surface area contributed by atoms with Crippen LogP contribution in [0.25, 0.3) is 0 Å². The maximum absolute atomic E-state index is 11.1. The molecule has 0 amide bonds. The van der Waals surface area contributed by atoms with Gasteiger partial charge in [0.2, 0.25) is 5.89 Å². The van der Waals surface area contributed by atoms with E-state index in [0.717, 1.165) is 18.6 Å². The van der Waals surface area contributed by atoms with Crippen LogP contribution in [-0.2, 0) is 21.7 Å². The van der Waals surface area contributed by atoms with Gasteiger partial charge in [-0.25, -0.2) is 0 Å². The zero-order valence-electron chi connectivity index (χ0n) is 10.7. The lowest BCUT2D eigenvalue weighted by Crippen LogP contribution is -2.31. The fourth-order valence-electron chi connectivity index (χ4n) is 1.31. The van der Waals surface area contributed by atoms with E-state index >= 15 is 0 Å². The van der Waals surface area contributed by atoms with Gasteiger partial charge in [-0.05, 0) is 18.6 Å². The van der Waals surface area contributed by atoms with Crippen molar-refractivity contribution in [1.29, 1.82) is 0 Å². The van der Waals surface area contributed by atoms with Crippen LogP contribution in [0.15, 0.2) is 4.52 Å². The zero-order valence-corrected chi connectivity index (χ0v) is 11.5. The second kappa shape index (κ2) is 8.10. The number of hydrogen-bond donors (Lipinski definition) is 1. The number of carbonyl (C=O) groups is 1. The number of aryl methyl sites for hydroxylation is 1. The summed E-state index contributed by atoms with van der Waals surface area (Å²) in [5.74, 6) is 2.42. The molecule has 6 nitrogen and oxygen atoms in total. The number of methoxy groups -OCH3 is 1. The Balaban J connectivity index is 2.19. The summed E-state index contributed by atoms with van der Waals surface area (Å²) in [7, 11) is 1.34. The molecule has 102 valence electrons. The molecule has 1 heterocycles. The number of esters is 1. The summed E-state index contributed by atoms with van der Waals surface area (Å²) in [4.78, 5) is 15.3. The molecule has 1 aromatic rings. The highest BCUT2D eigenvalue weighted by Crippen LogP contribution is 2.12. The largest absolute Gasteiger partial charge is 0.468 e. The van der Waals surface area contributed by atoms with Crippen molar-refractivity contribution in [2.75, 3.05) is 12.9 Å². The minimum absolute atomic E-state index is 0.375. The van der Waals surface area contributed by atoms with Crippen molar-refractivity contribution in [3.05, 3.63) is 11.7 Å². The number of ether oxygens (including phenoxy) is 1. The fourth-order valence-corrected chi connectivity index (χ4v) is 2.17. The second-order valence-electron chi connectivity index (χ2n) is 3.83. The van der Waals surface area contributed by atoms with E-state index in [1.54, 1.807) is 11.8 Å². The standard InChI is InChI=1S/C11H19N3O3S/c1-3-4-10-13-9(14-17-10)7-18-6-5-8(12)11(15)16-2/h8H,3-7,12H2,1-2H3. The Morgan fingerprint density at radius 2 is 2.39 bits per heavy atom. The Kier molecular flexibility index (Phi) is 6.74. The summed E-state index contributed by atoms with van der Waals surface area (Å²) in [5, 5.41) is 3.87. The normalized spacial score (nSPS) is 12.4. The summed E-state index contributed by atoms with van der Waals surface area (Å²) in [5.41, 5.74) is 5.61. The molecule has 2 N–H and O–H groups in total. The van der Waals surface area contributed by atoms with Crippen LogP contribution in [0.5, 0.6) is 0 Å². The molecule has 7 heteroatoms. The maximum atomic E-state index is 11.1. The first-order valence-electron chi connectivity index (χ1n) is 5.90. The van der Waals surface area contributed by atoms with E-state index in [2.05, 4.69) is 21.8 Å². The number of hydrogen-bond acceptors (Lipinski definition) is 7. The van der Waals surface area contributed by atoms with Crippen molar-refractivity contribution in [3.63, 3.8) is 0 Å². The van der Waals surface area contributed by atoms with E-state index in [1.807, 2.05) is 0 Å². The van der Waals surface area contributed by atoms with Gasteiger partial charge < -0.3 is 15.0 Å². The van der Waals surface area contributed by atoms with E-state index in [4.69, 9.17) is 10.3 Å². The first-order chi connectivity index (χ1) is 8.67. The molecule has 1 aromatic heterocycles. The summed E-state index contributed by atoms with van der Waals surface area (Å²) >= 11 is 1.62. The van der Waals surface area contributed by atoms with Gasteiger partial charge in [0.15, 0.2) is 5.82 Å². The average molecular weight is 273 g/mol. The third kappa shape index (κ3) is 5.05. The van der Waals surface area contributed by atoms with Crippen LogP contribution in [0.2, 0.25) is 0 Å². The van der Waals surface area contributed by atoms with Crippen molar-refractivity contribution >= 4 is 17.7 Å². The molecular weight excluding hydrogens is 254 g/mol. The van der Waals surface area contributed by atoms with Gasteiger partial charge in [0.05, 0.1) is 12.9 Å². The van der Waals surface area contributed by atoms with Gasteiger partial charge >= 0.3 is 5.97 Å².